The van der Waals surface area contributed by atoms with Crippen LogP contribution in [-0.2, 0) is 0 Å². The molecule has 7 heteroatoms. The third-order valence-electron chi connectivity index (χ3n) is 2.98. The largest absolute Gasteiger partial charge is 0.387 e. The monoisotopic (exact) mass is 309 g/mol. The van der Waals surface area contributed by atoms with E-state index in [1.54, 1.807) is 38.1 Å². The number of anilines is 1. The molecule has 0 saturated carbocycles. The summed E-state index contributed by atoms with van der Waals surface area (Å²) in [7, 11) is 0. The van der Waals surface area contributed by atoms with Crippen LogP contribution in [0.5, 0.6) is 0 Å². The van der Waals surface area contributed by atoms with Crippen molar-refractivity contribution in [3.8, 4) is 0 Å². The van der Waals surface area contributed by atoms with E-state index in [9.17, 15) is 9.90 Å². The molecule has 1 aromatic carbocycles. The van der Waals surface area contributed by atoms with Gasteiger partial charge in [-0.15, -0.1) is 0 Å². The van der Waals surface area contributed by atoms with Crippen LogP contribution in [-0.4, -0.2) is 22.8 Å². The van der Waals surface area contributed by atoms with E-state index in [2.05, 4.69) is 15.8 Å². The molecule has 0 spiro atoms. The van der Waals surface area contributed by atoms with Crippen molar-refractivity contribution >= 4 is 23.3 Å². The molecule has 2 aromatic rings. The van der Waals surface area contributed by atoms with Crippen molar-refractivity contribution in [3.05, 3.63) is 46.3 Å². The minimum atomic E-state index is -0.808. The van der Waals surface area contributed by atoms with Crippen molar-refractivity contribution in [2.24, 2.45) is 0 Å². The zero-order chi connectivity index (χ0) is 15.4. The number of nitrogens with zero attached hydrogens (tertiary/aromatic N) is 1. The van der Waals surface area contributed by atoms with E-state index in [-0.39, 0.29) is 6.54 Å². The number of carbonyl (C=O) groups excluding carboxylic acids is 1. The molecular formula is C14H16ClN3O3. The van der Waals surface area contributed by atoms with E-state index >= 15 is 0 Å². The van der Waals surface area contributed by atoms with E-state index in [1.807, 2.05) is 0 Å². The molecule has 2 amide bonds. The first-order valence-corrected chi connectivity index (χ1v) is 6.76. The summed E-state index contributed by atoms with van der Waals surface area (Å²) in [5.41, 5.74) is 1.81. The van der Waals surface area contributed by atoms with Gasteiger partial charge in [0.25, 0.3) is 0 Å². The molecule has 0 saturated heterocycles. The number of hydrogen-bond acceptors (Lipinski definition) is 4. The minimum Gasteiger partial charge on any atom is -0.387 e. The van der Waals surface area contributed by atoms with Crippen LogP contribution in [0.4, 0.5) is 10.5 Å². The maximum atomic E-state index is 11.8. The van der Waals surface area contributed by atoms with Crippen molar-refractivity contribution < 1.29 is 14.4 Å². The van der Waals surface area contributed by atoms with Gasteiger partial charge in [0, 0.05) is 11.6 Å². The summed E-state index contributed by atoms with van der Waals surface area (Å²) in [4.78, 5) is 11.8. The van der Waals surface area contributed by atoms with Gasteiger partial charge in [0.05, 0.1) is 6.10 Å². The predicted molar refractivity (Wildman–Crippen MR) is 79.4 cm³/mol. The van der Waals surface area contributed by atoms with Crippen LogP contribution in [0, 0.1) is 13.8 Å². The fourth-order valence-electron chi connectivity index (χ4n) is 1.81. The molecule has 0 fully saturated rings. The van der Waals surface area contributed by atoms with Crippen LogP contribution in [0.25, 0.3) is 0 Å². The van der Waals surface area contributed by atoms with Crippen LogP contribution in [0.3, 0.4) is 0 Å². The van der Waals surface area contributed by atoms with Gasteiger partial charge in [-0.2, -0.15) is 0 Å². The molecule has 0 aliphatic rings. The molecule has 0 bridgehead atoms. The molecule has 1 atom stereocenters. The molecule has 0 radical (unpaired) electrons. The molecule has 1 heterocycles. The lowest BCUT2D eigenvalue weighted by atomic mass is 10.1. The quantitative estimate of drug-likeness (QED) is 0.810. The summed E-state index contributed by atoms with van der Waals surface area (Å²) in [6, 6.07) is 6.35. The van der Waals surface area contributed by atoms with E-state index in [1.165, 1.54) is 0 Å². The number of aliphatic hydroxyl groups is 1. The maximum Gasteiger partial charge on any atom is 0.319 e. The fourth-order valence-corrected chi connectivity index (χ4v) is 1.94. The summed E-state index contributed by atoms with van der Waals surface area (Å²) in [5, 5.41) is 19.5. The molecule has 0 unspecified atom stereocenters. The number of aliphatic hydroxyl groups excluding tert-OH is 1. The summed E-state index contributed by atoms with van der Waals surface area (Å²) in [6.45, 7) is 3.52. The smallest absolute Gasteiger partial charge is 0.319 e. The number of urea groups is 1. The average Bonchev–Trinajstić information content (AvgIpc) is 2.77. The highest BCUT2D eigenvalue weighted by atomic mass is 35.5. The first-order chi connectivity index (χ1) is 9.97. The molecule has 0 aliphatic carbocycles. The van der Waals surface area contributed by atoms with Crippen LogP contribution in [0.1, 0.15) is 23.1 Å². The Kier molecular flexibility index (Phi) is 4.82. The SMILES string of the molecule is Cc1noc(C)c1NC(=O)NC[C@H](O)c1ccc(Cl)cc1. The van der Waals surface area contributed by atoms with E-state index in [0.29, 0.717) is 27.7 Å². The molecular weight excluding hydrogens is 294 g/mol. The van der Waals surface area contributed by atoms with Crippen LogP contribution in [0.2, 0.25) is 5.02 Å². The highest BCUT2D eigenvalue weighted by Crippen LogP contribution is 2.19. The van der Waals surface area contributed by atoms with E-state index in [0.717, 1.165) is 0 Å². The summed E-state index contributed by atoms with van der Waals surface area (Å²) in [6.07, 6.45) is -0.808. The van der Waals surface area contributed by atoms with E-state index < -0.39 is 12.1 Å². The Morgan fingerprint density at radius 1 is 1.38 bits per heavy atom. The van der Waals surface area contributed by atoms with Crippen molar-refractivity contribution in [1.82, 2.24) is 10.5 Å². The molecule has 6 nitrogen and oxygen atoms in total. The Morgan fingerprint density at radius 3 is 2.62 bits per heavy atom. The highest BCUT2D eigenvalue weighted by Gasteiger charge is 2.13. The third-order valence-corrected chi connectivity index (χ3v) is 3.23. The van der Waals surface area contributed by atoms with Gasteiger partial charge in [-0.25, -0.2) is 4.79 Å². The fraction of sp³-hybridized carbons (Fsp3) is 0.286. The van der Waals surface area contributed by atoms with Crippen molar-refractivity contribution in [2.45, 2.75) is 20.0 Å². The number of aryl methyl sites for hydroxylation is 2. The van der Waals surface area contributed by atoms with Gasteiger partial charge in [-0.1, -0.05) is 28.9 Å². The topological polar surface area (TPSA) is 87.4 Å². The Bertz CT molecular complexity index is 605. The summed E-state index contributed by atoms with van der Waals surface area (Å²) >= 11 is 5.78. The first-order valence-electron chi connectivity index (χ1n) is 6.38. The second kappa shape index (κ2) is 6.60. The van der Waals surface area contributed by atoms with Gasteiger partial charge in [0.2, 0.25) is 0 Å². The Balaban J connectivity index is 1.88. The van der Waals surface area contributed by atoms with E-state index in [4.69, 9.17) is 16.1 Å². The van der Waals surface area contributed by atoms with Crippen molar-refractivity contribution in [2.75, 3.05) is 11.9 Å². The lowest BCUT2D eigenvalue weighted by molar-refractivity contribution is 0.175. The summed E-state index contributed by atoms with van der Waals surface area (Å²) < 4.78 is 4.95. The second-order valence-corrected chi connectivity index (χ2v) is 5.04. The number of halogens is 1. The molecule has 21 heavy (non-hydrogen) atoms. The number of aromatic nitrogens is 1. The van der Waals surface area contributed by atoms with Crippen molar-refractivity contribution in [1.29, 1.82) is 0 Å². The number of rotatable bonds is 4. The van der Waals surface area contributed by atoms with Gasteiger partial charge in [-0.05, 0) is 31.5 Å². The zero-order valence-corrected chi connectivity index (χ0v) is 12.4. The first kappa shape index (κ1) is 15.3. The number of benzene rings is 1. The van der Waals surface area contributed by atoms with Gasteiger partial charge in [0.1, 0.15) is 11.4 Å². The number of amides is 2. The average molecular weight is 310 g/mol. The predicted octanol–water partition coefficient (Wildman–Crippen LogP) is 2.80. The Labute approximate surface area is 127 Å². The standard InChI is InChI=1S/C14H16ClN3O3/c1-8-13(9(2)21-18-8)17-14(20)16-7-12(19)10-3-5-11(15)6-4-10/h3-6,12,19H,7H2,1-2H3,(H2,16,17,20)/t12-/m0/s1. The van der Waals surface area contributed by atoms with Crippen molar-refractivity contribution in [3.63, 3.8) is 0 Å². The molecule has 112 valence electrons. The molecule has 1 aromatic heterocycles. The van der Waals surface area contributed by atoms with Crippen LogP contribution < -0.4 is 10.6 Å². The second-order valence-electron chi connectivity index (χ2n) is 4.60. The number of carbonyl (C=O) groups is 1. The van der Waals surface area contributed by atoms with Gasteiger partial charge < -0.3 is 20.3 Å². The molecule has 2 rings (SSSR count). The summed E-state index contributed by atoms with van der Waals surface area (Å²) in [5.74, 6) is 0.529. The molecule has 0 aliphatic heterocycles. The minimum absolute atomic E-state index is 0.0802. The Hall–Kier alpha value is -2.05. The third kappa shape index (κ3) is 3.96. The van der Waals surface area contributed by atoms with Gasteiger partial charge in [-0.3, -0.25) is 0 Å². The van der Waals surface area contributed by atoms with Gasteiger partial charge in [0.15, 0.2) is 5.76 Å². The highest BCUT2D eigenvalue weighted by molar-refractivity contribution is 6.30. The zero-order valence-electron chi connectivity index (χ0n) is 11.7. The number of hydrogen-bond donors (Lipinski definition) is 3. The lowest BCUT2D eigenvalue weighted by Crippen LogP contribution is -2.32. The Morgan fingerprint density at radius 2 is 2.05 bits per heavy atom. The van der Waals surface area contributed by atoms with Gasteiger partial charge >= 0.3 is 6.03 Å². The van der Waals surface area contributed by atoms with Crippen LogP contribution >= 0.6 is 11.6 Å². The maximum absolute atomic E-state index is 11.8. The number of nitrogens with one attached hydrogen (secondary N) is 2. The van der Waals surface area contributed by atoms with Crippen LogP contribution in [0.15, 0.2) is 28.8 Å². The normalized spacial score (nSPS) is 12.0. The lowest BCUT2D eigenvalue weighted by Gasteiger charge is -2.13. The molecule has 3 N–H and O–H groups in total.